The van der Waals surface area contributed by atoms with Gasteiger partial charge in [0, 0.05) is 30.2 Å². The number of H-pyrrole nitrogens is 1. The number of Topliss-reactive ketones (excluding diaryl/α,β-unsaturated/α-hetero) is 2. The van der Waals surface area contributed by atoms with Gasteiger partial charge < -0.3 is 43.9 Å². The summed E-state index contributed by atoms with van der Waals surface area (Å²) in [6.45, 7) is 0.0566. The Morgan fingerprint density at radius 1 is 1.12 bits per heavy atom. The van der Waals surface area contributed by atoms with Crippen LogP contribution in [-0.2, 0) is 27.3 Å². The van der Waals surface area contributed by atoms with Crippen molar-refractivity contribution in [2.45, 2.75) is 31.0 Å². The van der Waals surface area contributed by atoms with Gasteiger partial charge in [-0.05, 0) is 50.0 Å². The van der Waals surface area contributed by atoms with E-state index in [0.29, 0.717) is 16.7 Å². The molecule has 5 rings (SSSR count). The van der Waals surface area contributed by atoms with Gasteiger partial charge in [0.05, 0.1) is 17.2 Å². The van der Waals surface area contributed by atoms with E-state index in [2.05, 4.69) is 10.3 Å². The Morgan fingerprint density at radius 3 is 2.39 bits per heavy atom. The number of fused-ring (bicyclic) bond motifs is 3. The first-order chi connectivity index (χ1) is 18.9. The fourth-order valence-corrected chi connectivity index (χ4v) is 6.29. The van der Waals surface area contributed by atoms with E-state index in [9.17, 15) is 39.6 Å². The molecule has 3 aliphatic carbocycles. The lowest BCUT2D eigenvalue weighted by Gasteiger charge is -2.50. The largest absolute Gasteiger partial charge is 1.00 e. The molecule has 216 valence electrons. The van der Waals surface area contributed by atoms with Gasteiger partial charge in [-0.25, -0.2) is 4.98 Å². The number of aromatic nitrogens is 1. The van der Waals surface area contributed by atoms with Crippen LogP contribution in [0, 0.1) is 11.8 Å². The Balaban J connectivity index is 0.00000387. The Bertz CT molecular complexity index is 1540. The Labute approximate surface area is 240 Å². The van der Waals surface area contributed by atoms with Crippen molar-refractivity contribution in [1.82, 2.24) is 10.2 Å². The molecule has 0 unspecified atom stereocenters. The summed E-state index contributed by atoms with van der Waals surface area (Å²) in [5, 5.41) is 47.3. The number of carbonyl (C=O) groups excluding carboxylic acids is 4. The average Bonchev–Trinajstić information content (AvgIpc) is 2.90. The number of hydrogen-bond donors (Lipinski definition) is 6. The number of likely N-dealkylation sites (N-methyl/N-ethyl adjacent to an activating group) is 1. The number of rotatable bonds is 5. The predicted octanol–water partition coefficient (Wildman–Crippen LogP) is -3.29. The first-order valence-corrected chi connectivity index (χ1v) is 12.6. The number of hydrogen-bond acceptors (Lipinski definition) is 9. The molecule has 2 amide bonds. The Hall–Kier alpha value is -4.26. The van der Waals surface area contributed by atoms with Gasteiger partial charge in [0.1, 0.15) is 22.8 Å². The quantitative estimate of drug-likeness (QED) is 0.195. The van der Waals surface area contributed by atoms with Crippen molar-refractivity contribution in [2.24, 2.45) is 17.6 Å². The number of amides is 2. The van der Waals surface area contributed by atoms with E-state index in [1.54, 1.807) is 30.6 Å². The molecular formula is C28H29ClN4O8. The molecule has 3 aliphatic rings. The zero-order valence-electron chi connectivity index (χ0n) is 22.1. The topological polar surface area (TPSA) is 205 Å². The van der Waals surface area contributed by atoms with E-state index < -0.39 is 58.0 Å². The number of carbonyl (C=O) groups is 4. The second-order valence-electron chi connectivity index (χ2n) is 10.5. The van der Waals surface area contributed by atoms with Crippen LogP contribution >= 0.6 is 0 Å². The van der Waals surface area contributed by atoms with Crippen molar-refractivity contribution >= 4 is 29.1 Å². The van der Waals surface area contributed by atoms with Crippen LogP contribution in [0.1, 0.15) is 33.5 Å². The van der Waals surface area contributed by atoms with Crippen molar-refractivity contribution in [1.29, 1.82) is 0 Å². The molecule has 8 N–H and O–H groups in total. The van der Waals surface area contributed by atoms with Gasteiger partial charge in [0.25, 0.3) is 11.8 Å². The maximum absolute atomic E-state index is 13.9. The minimum absolute atomic E-state index is 0. The molecule has 0 saturated heterocycles. The summed E-state index contributed by atoms with van der Waals surface area (Å²) in [5.41, 5.74) is 3.02. The third kappa shape index (κ3) is 4.44. The van der Waals surface area contributed by atoms with Crippen LogP contribution in [0.5, 0.6) is 5.75 Å². The van der Waals surface area contributed by atoms with Crippen molar-refractivity contribution in [3.05, 3.63) is 75.8 Å². The highest BCUT2D eigenvalue weighted by atomic mass is 35.5. The van der Waals surface area contributed by atoms with E-state index in [1.807, 2.05) is 0 Å². The van der Waals surface area contributed by atoms with Gasteiger partial charge in [0.15, 0.2) is 23.8 Å². The van der Waals surface area contributed by atoms with Gasteiger partial charge in [-0.2, -0.15) is 0 Å². The average molecular weight is 585 g/mol. The second kappa shape index (κ2) is 10.6. The highest BCUT2D eigenvalue weighted by Gasteiger charge is 2.64. The SMILES string of the molecule is CN(C)[C@@H]1C(=O)C(C(N)=O)=C(O)[C@@]2(O)C(=O)C3=C(O)c4c(O)ccc(CNC(=O)c5cc[nH+]cc5)c4C[C@H]3C[C@@H]12.[Cl-]. The first kappa shape index (κ1) is 29.7. The highest BCUT2D eigenvalue weighted by Crippen LogP contribution is 2.52. The maximum atomic E-state index is 13.9. The fraction of sp³-hybridized carbons (Fsp3) is 0.321. The number of primary amides is 1. The second-order valence-corrected chi connectivity index (χ2v) is 10.5. The first-order valence-electron chi connectivity index (χ1n) is 12.6. The molecule has 1 saturated carbocycles. The third-order valence-electron chi connectivity index (χ3n) is 8.12. The van der Waals surface area contributed by atoms with E-state index in [0.717, 1.165) is 0 Å². The van der Waals surface area contributed by atoms with Crippen LogP contribution in [0.4, 0.5) is 0 Å². The number of aliphatic hydroxyl groups is 3. The predicted molar refractivity (Wildman–Crippen MR) is 138 cm³/mol. The molecule has 0 spiro atoms. The molecule has 2 aromatic rings. The lowest BCUT2D eigenvalue weighted by molar-refractivity contribution is -0.378. The summed E-state index contributed by atoms with van der Waals surface area (Å²) in [4.78, 5) is 56.0. The molecule has 0 radical (unpaired) electrons. The van der Waals surface area contributed by atoms with Gasteiger partial charge in [-0.1, -0.05) is 6.07 Å². The standard InChI is InChI=1S/C28H28N4O8.ClH/c1-32(2)21-16-10-14-9-15-13(11-31-27(39)12-5-7-30-8-6-12)3-4-17(33)19(15)22(34)18(14)24(36)28(16,40)25(37)20(23(21)35)26(29)38;/h3-8,14,16,21,33-34,37,40H,9-11H2,1-2H3,(H2,29,38)(H,31,39);1H/t14-,16-,21-,28-;/m0./s1. The summed E-state index contributed by atoms with van der Waals surface area (Å²) in [6.07, 6.45) is 3.33. The molecule has 12 nitrogen and oxygen atoms in total. The van der Waals surface area contributed by atoms with E-state index in [4.69, 9.17) is 5.73 Å². The summed E-state index contributed by atoms with van der Waals surface area (Å²) in [6, 6.07) is 4.98. The normalized spacial score (nSPS) is 25.2. The van der Waals surface area contributed by atoms with Crippen molar-refractivity contribution < 1.29 is 57.0 Å². The number of ketones is 2. The van der Waals surface area contributed by atoms with Gasteiger partial charge in [-0.15, -0.1) is 0 Å². The number of nitrogens with zero attached hydrogens (tertiary/aromatic N) is 1. The molecule has 1 aromatic carbocycles. The van der Waals surface area contributed by atoms with Crippen molar-refractivity contribution in [3.8, 4) is 5.75 Å². The Kier molecular flexibility index (Phi) is 7.69. The van der Waals surface area contributed by atoms with Crippen LogP contribution in [0.3, 0.4) is 0 Å². The van der Waals surface area contributed by atoms with E-state index in [-0.39, 0.29) is 54.6 Å². The smallest absolute Gasteiger partial charge is 0.255 e. The number of benzene rings is 1. The summed E-state index contributed by atoms with van der Waals surface area (Å²) >= 11 is 0. The van der Waals surface area contributed by atoms with Crippen LogP contribution in [0.15, 0.2) is 53.6 Å². The number of pyridine rings is 1. The number of phenols is 1. The molecule has 4 atom stereocenters. The zero-order chi connectivity index (χ0) is 29.1. The van der Waals surface area contributed by atoms with E-state index in [1.165, 1.54) is 25.1 Å². The summed E-state index contributed by atoms with van der Waals surface area (Å²) < 4.78 is 0. The third-order valence-corrected chi connectivity index (χ3v) is 8.12. The van der Waals surface area contributed by atoms with Crippen molar-refractivity contribution in [2.75, 3.05) is 14.1 Å². The van der Waals surface area contributed by atoms with Gasteiger partial charge >= 0.3 is 0 Å². The number of aromatic hydroxyl groups is 1. The molecule has 1 heterocycles. The summed E-state index contributed by atoms with van der Waals surface area (Å²) in [7, 11) is 3.08. The van der Waals surface area contributed by atoms with Crippen LogP contribution in [0.25, 0.3) is 5.76 Å². The zero-order valence-corrected chi connectivity index (χ0v) is 22.9. The monoisotopic (exact) mass is 584 g/mol. The van der Waals surface area contributed by atoms with Gasteiger partial charge in [-0.3, -0.25) is 24.1 Å². The van der Waals surface area contributed by atoms with Crippen LogP contribution < -0.4 is 28.4 Å². The molecule has 1 aromatic heterocycles. The Morgan fingerprint density at radius 2 is 1.78 bits per heavy atom. The number of phenolic OH excluding ortho intramolecular Hbond substituents is 1. The van der Waals surface area contributed by atoms with Crippen LogP contribution in [0.2, 0.25) is 0 Å². The molecule has 13 heteroatoms. The van der Waals surface area contributed by atoms with Gasteiger partial charge in [0.2, 0.25) is 5.78 Å². The minimum Gasteiger partial charge on any atom is -1.00 e. The fourth-order valence-electron chi connectivity index (χ4n) is 6.29. The van der Waals surface area contributed by atoms with E-state index >= 15 is 0 Å². The number of nitrogens with two attached hydrogens (primary N) is 1. The molecule has 1 fully saturated rings. The number of nitrogens with one attached hydrogen (secondary N) is 2. The molecule has 0 bridgehead atoms. The summed E-state index contributed by atoms with van der Waals surface area (Å²) in [5.74, 6) is -7.43. The lowest BCUT2D eigenvalue weighted by Crippen LogP contribution is -3.00. The highest BCUT2D eigenvalue weighted by molar-refractivity contribution is 6.24. The molecular weight excluding hydrogens is 556 g/mol. The molecule has 0 aliphatic heterocycles. The number of aromatic amines is 1. The van der Waals surface area contributed by atoms with Crippen LogP contribution in [-0.4, -0.2) is 74.4 Å². The van der Waals surface area contributed by atoms with Crippen molar-refractivity contribution in [3.63, 3.8) is 0 Å². The number of halogens is 1. The number of aliphatic hydroxyl groups excluding tert-OH is 2. The lowest BCUT2D eigenvalue weighted by atomic mass is 9.57. The minimum atomic E-state index is -2.70. The maximum Gasteiger partial charge on any atom is 0.255 e. The molecule has 41 heavy (non-hydrogen) atoms.